The maximum atomic E-state index is 11.2. The van der Waals surface area contributed by atoms with Gasteiger partial charge in [-0.3, -0.25) is 4.98 Å². The Kier molecular flexibility index (Phi) is 6.06. The SMILES string of the molecule is COc1c(C)c(/C=C(\C)C(=O)O)c(O)c(C)c1-c1ccc(Nc2cccnc2)cc1. The van der Waals surface area contributed by atoms with E-state index in [1.165, 1.54) is 13.0 Å². The predicted octanol–water partition coefficient (Wildman–Crippen LogP) is 5.31. The number of rotatable bonds is 6. The number of pyridine rings is 1. The van der Waals surface area contributed by atoms with Crippen molar-refractivity contribution in [2.24, 2.45) is 0 Å². The van der Waals surface area contributed by atoms with Crippen LogP contribution in [0.3, 0.4) is 0 Å². The topological polar surface area (TPSA) is 91.7 Å². The van der Waals surface area contributed by atoms with E-state index < -0.39 is 5.97 Å². The van der Waals surface area contributed by atoms with Gasteiger partial charge in [0.1, 0.15) is 11.5 Å². The quantitative estimate of drug-likeness (QED) is 0.482. The summed E-state index contributed by atoms with van der Waals surface area (Å²) in [4.78, 5) is 15.3. The van der Waals surface area contributed by atoms with E-state index >= 15 is 0 Å². The fourth-order valence-electron chi connectivity index (χ4n) is 3.36. The molecule has 0 aliphatic heterocycles. The van der Waals surface area contributed by atoms with Gasteiger partial charge >= 0.3 is 5.97 Å². The van der Waals surface area contributed by atoms with Crippen LogP contribution >= 0.6 is 0 Å². The summed E-state index contributed by atoms with van der Waals surface area (Å²) in [5.41, 5.74) is 5.31. The summed E-state index contributed by atoms with van der Waals surface area (Å²) in [6.45, 7) is 5.09. The van der Waals surface area contributed by atoms with Gasteiger partial charge in [-0.15, -0.1) is 0 Å². The number of ether oxygens (including phenoxy) is 1. The molecule has 0 radical (unpaired) electrons. The first kappa shape index (κ1) is 20.9. The number of nitrogens with one attached hydrogen (secondary N) is 1. The Morgan fingerprint density at radius 1 is 1.10 bits per heavy atom. The van der Waals surface area contributed by atoms with Crippen LogP contribution in [0.5, 0.6) is 11.5 Å². The van der Waals surface area contributed by atoms with Crippen LogP contribution in [0.1, 0.15) is 23.6 Å². The van der Waals surface area contributed by atoms with Crippen molar-refractivity contribution >= 4 is 23.4 Å². The first-order valence-corrected chi connectivity index (χ1v) is 9.42. The molecule has 0 atom stereocenters. The first-order chi connectivity index (χ1) is 14.3. The number of benzene rings is 2. The van der Waals surface area contributed by atoms with Gasteiger partial charge in [0, 0.05) is 39.7 Å². The monoisotopic (exact) mass is 404 g/mol. The summed E-state index contributed by atoms with van der Waals surface area (Å²) in [5.74, 6) is -0.393. The van der Waals surface area contributed by atoms with Crippen LogP contribution < -0.4 is 10.1 Å². The lowest BCUT2D eigenvalue weighted by Crippen LogP contribution is -2.01. The molecule has 0 amide bonds. The highest BCUT2D eigenvalue weighted by Gasteiger charge is 2.21. The van der Waals surface area contributed by atoms with Crippen LogP contribution in [0, 0.1) is 13.8 Å². The van der Waals surface area contributed by atoms with E-state index in [9.17, 15) is 15.0 Å². The zero-order valence-electron chi connectivity index (χ0n) is 17.4. The fraction of sp³-hybridized carbons (Fsp3) is 0.167. The lowest BCUT2D eigenvalue weighted by atomic mass is 9.91. The largest absolute Gasteiger partial charge is 0.507 e. The molecule has 154 valence electrons. The zero-order chi connectivity index (χ0) is 21.8. The van der Waals surface area contributed by atoms with Gasteiger partial charge in [-0.2, -0.15) is 0 Å². The van der Waals surface area contributed by atoms with Crippen LogP contribution in [0.2, 0.25) is 0 Å². The third-order valence-corrected chi connectivity index (χ3v) is 4.98. The molecular weight excluding hydrogens is 380 g/mol. The van der Waals surface area contributed by atoms with E-state index in [0.29, 0.717) is 22.4 Å². The lowest BCUT2D eigenvalue weighted by Gasteiger charge is -2.19. The third kappa shape index (κ3) is 4.12. The average Bonchev–Trinajstić information content (AvgIpc) is 2.74. The molecule has 30 heavy (non-hydrogen) atoms. The van der Waals surface area contributed by atoms with Crippen LogP contribution in [-0.2, 0) is 4.79 Å². The highest BCUT2D eigenvalue weighted by Crippen LogP contribution is 2.44. The van der Waals surface area contributed by atoms with Crippen molar-refractivity contribution in [2.75, 3.05) is 12.4 Å². The summed E-state index contributed by atoms with van der Waals surface area (Å²) >= 11 is 0. The minimum atomic E-state index is -1.04. The van der Waals surface area contributed by atoms with Crippen molar-refractivity contribution in [3.05, 3.63) is 71.1 Å². The molecule has 3 N–H and O–H groups in total. The fourth-order valence-corrected chi connectivity index (χ4v) is 3.36. The van der Waals surface area contributed by atoms with Crippen LogP contribution in [-0.4, -0.2) is 28.3 Å². The van der Waals surface area contributed by atoms with Gasteiger partial charge in [-0.25, -0.2) is 4.79 Å². The molecule has 6 heteroatoms. The Hall–Kier alpha value is -3.80. The van der Waals surface area contributed by atoms with E-state index in [1.54, 1.807) is 33.4 Å². The highest BCUT2D eigenvalue weighted by molar-refractivity contribution is 5.93. The molecule has 6 nitrogen and oxygen atoms in total. The third-order valence-electron chi connectivity index (χ3n) is 4.98. The number of anilines is 2. The smallest absolute Gasteiger partial charge is 0.331 e. The van der Waals surface area contributed by atoms with Crippen LogP contribution in [0.4, 0.5) is 11.4 Å². The molecule has 0 aliphatic carbocycles. The van der Waals surface area contributed by atoms with E-state index in [1.807, 2.05) is 36.4 Å². The molecule has 0 saturated carbocycles. The zero-order valence-corrected chi connectivity index (χ0v) is 17.4. The number of aliphatic carboxylic acids is 1. The molecule has 0 saturated heterocycles. The lowest BCUT2D eigenvalue weighted by molar-refractivity contribution is -0.132. The number of hydrogen-bond donors (Lipinski definition) is 3. The summed E-state index contributed by atoms with van der Waals surface area (Å²) in [6, 6.07) is 11.6. The summed E-state index contributed by atoms with van der Waals surface area (Å²) in [7, 11) is 1.57. The second-order valence-electron chi connectivity index (χ2n) is 7.00. The minimum Gasteiger partial charge on any atom is -0.507 e. The molecule has 0 unspecified atom stereocenters. The number of carboxylic acids is 1. The molecule has 0 bridgehead atoms. The van der Waals surface area contributed by atoms with Gasteiger partial charge in [0.25, 0.3) is 0 Å². The number of phenolic OH excluding ortho intramolecular Hbond substituents is 1. The minimum absolute atomic E-state index is 0.0430. The number of aromatic hydroxyl groups is 1. The number of carbonyl (C=O) groups is 1. The maximum absolute atomic E-state index is 11.2. The molecule has 0 fully saturated rings. The summed E-state index contributed by atoms with van der Waals surface area (Å²) < 4.78 is 5.66. The molecule has 3 aromatic rings. The Balaban J connectivity index is 2.05. The molecule has 1 heterocycles. The molecular formula is C24H24N2O4. The van der Waals surface area contributed by atoms with Gasteiger partial charge in [-0.05, 0) is 56.7 Å². The number of nitrogens with zero attached hydrogens (tertiary/aromatic N) is 1. The Bertz CT molecular complexity index is 1100. The number of methoxy groups -OCH3 is 1. The molecule has 1 aromatic heterocycles. The highest BCUT2D eigenvalue weighted by atomic mass is 16.5. The van der Waals surface area contributed by atoms with Crippen molar-refractivity contribution in [1.29, 1.82) is 0 Å². The number of aromatic nitrogens is 1. The Morgan fingerprint density at radius 3 is 2.37 bits per heavy atom. The van der Waals surface area contributed by atoms with E-state index in [2.05, 4.69) is 10.3 Å². The van der Waals surface area contributed by atoms with E-state index in [-0.39, 0.29) is 11.3 Å². The second-order valence-corrected chi connectivity index (χ2v) is 7.00. The van der Waals surface area contributed by atoms with Gasteiger partial charge in [0.05, 0.1) is 19.0 Å². The van der Waals surface area contributed by atoms with Gasteiger partial charge < -0.3 is 20.3 Å². The van der Waals surface area contributed by atoms with Gasteiger partial charge in [-0.1, -0.05) is 12.1 Å². The van der Waals surface area contributed by atoms with Crippen molar-refractivity contribution in [3.63, 3.8) is 0 Å². The number of carboxylic acid groups (broad SMARTS) is 1. The van der Waals surface area contributed by atoms with Gasteiger partial charge in [0.2, 0.25) is 0 Å². The van der Waals surface area contributed by atoms with Crippen LogP contribution in [0.15, 0.2) is 54.4 Å². The first-order valence-electron chi connectivity index (χ1n) is 9.42. The van der Waals surface area contributed by atoms with E-state index in [0.717, 1.165) is 22.5 Å². The maximum Gasteiger partial charge on any atom is 0.331 e. The van der Waals surface area contributed by atoms with E-state index in [4.69, 9.17) is 4.74 Å². The van der Waals surface area contributed by atoms with Crippen molar-refractivity contribution in [3.8, 4) is 22.6 Å². The van der Waals surface area contributed by atoms with Gasteiger partial charge in [0.15, 0.2) is 0 Å². The number of hydrogen-bond acceptors (Lipinski definition) is 5. The van der Waals surface area contributed by atoms with Crippen LogP contribution in [0.25, 0.3) is 17.2 Å². The van der Waals surface area contributed by atoms with Crippen molar-refractivity contribution in [1.82, 2.24) is 4.98 Å². The molecule has 3 rings (SSSR count). The average molecular weight is 404 g/mol. The summed E-state index contributed by atoms with van der Waals surface area (Å²) in [5, 5.41) is 23.3. The standard InChI is InChI=1S/C24H24N2O4/c1-14(24(28)29)12-20-15(2)23(30-4)21(16(3)22(20)27)17-7-9-18(10-8-17)26-19-6-5-11-25-13-19/h5-13,26-27H,1-4H3,(H,28,29)/b14-12+. The summed E-state index contributed by atoms with van der Waals surface area (Å²) in [6.07, 6.45) is 4.93. The second kappa shape index (κ2) is 8.69. The van der Waals surface area contributed by atoms with Crippen molar-refractivity contribution in [2.45, 2.75) is 20.8 Å². The normalized spacial score (nSPS) is 11.3. The predicted molar refractivity (Wildman–Crippen MR) is 118 cm³/mol. The number of phenols is 1. The Morgan fingerprint density at radius 2 is 1.80 bits per heavy atom. The molecule has 0 aliphatic rings. The Labute approximate surface area is 175 Å². The molecule has 2 aromatic carbocycles. The van der Waals surface area contributed by atoms with Crippen molar-refractivity contribution < 1.29 is 19.7 Å². The molecule has 0 spiro atoms.